The highest BCUT2D eigenvalue weighted by molar-refractivity contribution is 5.09. The van der Waals surface area contributed by atoms with E-state index in [1.54, 1.807) is 0 Å². The smallest absolute Gasteiger partial charge is 0.0755 e. The Morgan fingerprint density at radius 1 is 1.20 bits per heavy atom. The number of rotatable bonds is 2. The van der Waals surface area contributed by atoms with E-state index >= 15 is 0 Å². The summed E-state index contributed by atoms with van der Waals surface area (Å²) >= 11 is 0. The quantitative estimate of drug-likeness (QED) is 0.639. The summed E-state index contributed by atoms with van der Waals surface area (Å²) < 4.78 is 0. The van der Waals surface area contributed by atoms with Gasteiger partial charge in [-0.3, -0.25) is 0 Å². The van der Waals surface area contributed by atoms with Crippen LogP contribution in [0.3, 0.4) is 0 Å². The van der Waals surface area contributed by atoms with Crippen LogP contribution in [-0.4, -0.2) is 35.5 Å². The first kappa shape index (κ1) is 11.4. The highest BCUT2D eigenvalue weighted by Crippen LogP contribution is 2.50. The Morgan fingerprint density at radius 2 is 1.87 bits per heavy atom. The summed E-state index contributed by atoms with van der Waals surface area (Å²) in [4.78, 5) is 0. The van der Waals surface area contributed by atoms with E-state index in [1.807, 2.05) is 0 Å². The largest absolute Gasteiger partial charge is 0.396 e. The lowest BCUT2D eigenvalue weighted by atomic mass is 9.57. The van der Waals surface area contributed by atoms with E-state index in [1.165, 1.54) is 6.42 Å². The van der Waals surface area contributed by atoms with Gasteiger partial charge in [0.25, 0.3) is 0 Å². The van der Waals surface area contributed by atoms with E-state index in [0.717, 1.165) is 32.4 Å². The van der Waals surface area contributed by atoms with Crippen molar-refractivity contribution >= 4 is 0 Å². The van der Waals surface area contributed by atoms with Crippen molar-refractivity contribution < 1.29 is 10.2 Å². The third kappa shape index (κ3) is 1.71. The molecule has 0 aromatic rings. The molecule has 0 bridgehead atoms. The van der Waals surface area contributed by atoms with Gasteiger partial charge in [0.1, 0.15) is 0 Å². The van der Waals surface area contributed by atoms with Crippen molar-refractivity contribution in [3.8, 4) is 0 Å². The van der Waals surface area contributed by atoms with E-state index in [9.17, 15) is 10.2 Å². The van der Waals surface area contributed by atoms with Gasteiger partial charge in [-0.25, -0.2) is 0 Å². The molecule has 2 rings (SSSR count). The molecule has 3 nitrogen and oxygen atoms in total. The number of aliphatic hydroxyl groups is 2. The summed E-state index contributed by atoms with van der Waals surface area (Å²) in [5, 5.41) is 23.5. The van der Waals surface area contributed by atoms with E-state index < -0.39 is 5.60 Å². The molecular formula is C12H23NO2. The van der Waals surface area contributed by atoms with Crippen LogP contribution >= 0.6 is 0 Å². The predicted octanol–water partition coefficient (Wildman–Crippen LogP) is 0.900. The molecule has 88 valence electrons. The van der Waals surface area contributed by atoms with E-state index in [2.05, 4.69) is 19.2 Å². The van der Waals surface area contributed by atoms with Gasteiger partial charge in [0.2, 0.25) is 0 Å². The van der Waals surface area contributed by atoms with Gasteiger partial charge >= 0.3 is 0 Å². The summed E-state index contributed by atoms with van der Waals surface area (Å²) in [5.74, 6) is 0. The van der Waals surface area contributed by atoms with Gasteiger partial charge in [0.05, 0.1) is 12.2 Å². The fourth-order valence-corrected chi connectivity index (χ4v) is 3.30. The Balaban J connectivity index is 2.18. The number of nitrogens with one attached hydrogen (secondary N) is 1. The standard InChI is InChI=1S/C12H23NO2/c1-10(2)4-3-5-12(15,6-10)11(9-14)7-13-8-11/h13-15H,3-9H2,1-2H3. The molecular weight excluding hydrogens is 190 g/mol. The van der Waals surface area contributed by atoms with Crippen LogP contribution in [0.2, 0.25) is 0 Å². The van der Waals surface area contributed by atoms with Crippen molar-refractivity contribution in [3.63, 3.8) is 0 Å². The van der Waals surface area contributed by atoms with Gasteiger partial charge in [-0.1, -0.05) is 20.3 Å². The van der Waals surface area contributed by atoms with Crippen LogP contribution in [0.15, 0.2) is 0 Å². The molecule has 3 N–H and O–H groups in total. The van der Waals surface area contributed by atoms with Crippen molar-refractivity contribution in [3.05, 3.63) is 0 Å². The Morgan fingerprint density at radius 3 is 2.27 bits per heavy atom. The van der Waals surface area contributed by atoms with Gasteiger partial charge in [-0.2, -0.15) is 0 Å². The summed E-state index contributed by atoms with van der Waals surface area (Å²) in [7, 11) is 0. The molecule has 1 heterocycles. The zero-order chi connectivity index (χ0) is 11.2. The van der Waals surface area contributed by atoms with Crippen molar-refractivity contribution in [2.45, 2.75) is 45.1 Å². The monoisotopic (exact) mass is 213 g/mol. The Labute approximate surface area is 91.9 Å². The van der Waals surface area contributed by atoms with Crippen LogP contribution in [0.1, 0.15) is 39.5 Å². The molecule has 1 atom stereocenters. The zero-order valence-corrected chi connectivity index (χ0v) is 9.84. The first-order valence-corrected chi connectivity index (χ1v) is 5.97. The molecule has 1 aliphatic carbocycles. The Hall–Kier alpha value is -0.120. The Kier molecular flexibility index (Phi) is 2.61. The minimum atomic E-state index is -0.658. The van der Waals surface area contributed by atoms with E-state index in [4.69, 9.17) is 0 Å². The fourth-order valence-electron chi connectivity index (χ4n) is 3.30. The molecule has 0 radical (unpaired) electrons. The molecule has 1 aliphatic heterocycles. The summed E-state index contributed by atoms with van der Waals surface area (Å²) in [6, 6.07) is 0. The molecule has 1 saturated carbocycles. The second-order valence-electron chi connectivity index (χ2n) is 6.27. The first-order valence-electron chi connectivity index (χ1n) is 5.97. The SMILES string of the molecule is CC1(C)CCCC(O)(C2(CO)CNC2)C1. The maximum Gasteiger partial charge on any atom is 0.0755 e. The molecule has 2 aliphatic rings. The van der Waals surface area contributed by atoms with Crippen LogP contribution in [0.25, 0.3) is 0 Å². The van der Waals surface area contributed by atoms with Gasteiger partial charge in [0.15, 0.2) is 0 Å². The van der Waals surface area contributed by atoms with Crippen molar-refractivity contribution in [1.82, 2.24) is 5.32 Å². The van der Waals surface area contributed by atoms with Gasteiger partial charge in [0, 0.05) is 18.5 Å². The average molecular weight is 213 g/mol. The van der Waals surface area contributed by atoms with Crippen LogP contribution in [-0.2, 0) is 0 Å². The maximum absolute atomic E-state index is 10.8. The Bertz CT molecular complexity index is 242. The van der Waals surface area contributed by atoms with Crippen molar-refractivity contribution in [2.24, 2.45) is 10.8 Å². The molecule has 0 aromatic carbocycles. The minimum absolute atomic E-state index is 0.104. The van der Waals surface area contributed by atoms with E-state index in [-0.39, 0.29) is 17.4 Å². The van der Waals surface area contributed by atoms with E-state index in [0.29, 0.717) is 0 Å². The third-order valence-corrected chi connectivity index (χ3v) is 4.43. The van der Waals surface area contributed by atoms with Crippen LogP contribution in [0.4, 0.5) is 0 Å². The topological polar surface area (TPSA) is 52.5 Å². The minimum Gasteiger partial charge on any atom is -0.396 e. The average Bonchev–Trinajstić information content (AvgIpc) is 1.99. The highest BCUT2D eigenvalue weighted by atomic mass is 16.3. The first-order chi connectivity index (χ1) is 6.93. The second kappa shape index (κ2) is 3.44. The van der Waals surface area contributed by atoms with Crippen LogP contribution < -0.4 is 5.32 Å². The number of hydrogen-bond donors (Lipinski definition) is 3. The molecule has 2 fully saturated rings. The van der Waals surface area contributed by atoms with Gasteiger partial charge in [-0.05, 0) is 24.7 Å². The summed E-state index contributed by atoms with van der Waals surface area (Å²) in [5.41, 5.74) is -0.718. The summed E-state index contributed by atoms with van der Waals surface area (Å²) in [6.45, 7) is 6.06. The lowest BCUT2D eigenvalue weighted by Gasteiger charge is -2.57. The molecule has 15 heavy (non-hydrogen) atoms. The molecule has 1 unspecified atom stereocenters. The molecule has 1 saturated heterocycles. The highest BCUT2D eigenvalue weighted by Gasteiger charge is 2.56. The molecule has 3 heteroatoms. The molecule has 0 amide bonds. The lowest BCUT2D eigenvalue weighted by molar-refractivity contribution is -0.172. The van der Waals surface area contributed by atoms with Gasteiger partial charge in [-0.15, -0.1) is 0 Å². The molecule has 0 spiro atoms. The maximum atomic E-state index is 10.8. The fraction of sp³-hybridized carbons (Fsp3) is 1.00. The lowest BCUT2D eigenvalue weighted by Crippen LogP contribution is -2.69. The number of aliphatic hydroxyl groups excluding tert-OH is 1. The third-order valence-electron chi connectivity index (χ3n) is 4.43. The summed E-state index contributed by atoms with van der Waals surface area (Å²) in [6.07, 6.45) is 3.93. The van der Waals surface area contributed by atoms with Crippen LogP contribution in [0, 0.1) is 10.8 Å². The van der Waals surface area contributed by atoms with Crippen LogP contribution in [0.5, 0.6) is 0 Å². The normalized spacial score (nSPS) is 38.4. The number of hydrogen-bond acceptors (Lipinski definition) is 3. The second-order valence-corrected chi connectivity index (χ2v) is 6.27. The van der Waals surface area contributed by atoms with Gasteiger partial charge < -0.3 is 15.5 Å². The molecule has 0 aromatic heterocycles. The predicted molar refractivity (Wildman–Crippen MR) is 59.6 cm³/mol. The zero-order valence-electron chi connectivity index (χ0n) is 9.84. The van der Waals surface area contributed by atoms with Crippen molar-refractivity contribution in [2.75, 3.05) is 19.7 Å². The van der Waals surface area contributed by atoms with Crippen molar-refractivity contribution in [1.29, 1.82) is 0 Å².